The van der Waals surface area contributed by atoms with Crippen LogP contribution < -0.4 is 0 Å². The summed E-state index contributed by atoms with van der Waals surface area (Å²) in [5.74, 6) is -0.988. The van der Waals surface area contributed by atoms with Gasteiger partial charge in [0, 0.05) is 19.3 Å². The molecule has 0 aliphatic carbocycles. The average Bonchev–Trinajstić information content (AvgIpc) is 3.15. The molecule has 1 unspecified atom stereocenters. The number of carbonyl (C=O) groups excluding carboxylic acids is 3. The minimum absolute atomic E-state index is 0.102. The summed E-state index contributed by atoms with van der Waals surface area (Å²) in [6, 6.07) is 0. The molecule has 0 aromatic rings. The number of carbonyl (C=O) groups is 3. The number of unbranched alkanes of at least 4 members (excludes halogenated alkanes) is 16. The first-order valence-corrected chi connectivity index (χ1v) is 21.2. The molecule has 6 nitrogen and oxygen atoms in total. The van der Waals surface area contributed by atoms with Crippen LogP contribution in [0.15, 0.2) is 85.1 Å². The van der Waals surface area contributed by atoms with Crippen LogP contribution in [0.2, 0.25) is 0 Å². The smallest absolute Gasteiger partial charge is 0.306 e. The van der Waals surface area contributed by atoms with E-state index in [0.717, 1.165) is 83.5 Å². The fourth-order valence-electron chi connectivity index (χ4n) is 5.32. The van der Waals surface area contributed by atoms with Crippen LogP contribution in [0.4, 0.5) is 0 Å². The zero-order valence-corrected chi connectivity index (χ0v) is 34.0. The summed E-state index contributed by atoms with van der Waals surface area (Å²) < 4.78 is 16.6. The molecular weight excluding hydrogens is 661 g/mol. The molecule has 53 heavy (non-hydrogen) atoms. The van der Waals surface area contributed by atoms with Crippen molar-refractivity contribution in [2.75, 3.05) is 13.2 Å². The van der Waals surface area contributed by atoms with E-state index in [4.69, 9.17) is 14.2 Å². The molecule has 0 spiro atoms. The van der Waals surface area contributed by atoms with Crippen molar-refractivity contribution in [1.29, 1.82) is 0 Å². The molecule has 0 bridgehead atoms. The minimum atomic E-state index is -0.803. The Labute approximate surface area is 325 Å². The Morgan fingerprint density at radius 3 is 1.23 bits per heavy atom. The van der Waals surface area contributed by atoms with Crippen LogP contribution in [0.3, 0.4) is 0 Å². The van der Waals surface area contributed by atoms with Gasteiger partial charge in [-0.05, 0) is 57.8 Å². The fraction of sp³-hybridized carbons (Fsp3) is 0.638. The van der Waals surface area contributed by atoms with Gasteiger partial charge in [0.2, 0.25) is 0 Å². The summed E-state index contributed by atoms with van der Waals surface area (Å²) >= 11 is 0. The molecule has 0 radical (unpaired) electrons. The molecule has 0 heterocycles. The van der Waals surface area contributed by atoms with E-state index in [1.165, 1.54) is 51.4 Å². The SMILES string of the molecule is CC\C=C/C=C\C=C/C=C\C=C/CCCCCC(=O)OCC(COC(=O)CCCCCCCCCCC)OC(=O)CCCCC/C=C\C=C/CCCC. The number of ether oxygens (including phenoxy) is 3. The van der Waals surface area contributed by atoms with Crippen molar-refractivity contribution in [3.63, 3.8) is 0 Å². The molecule has 0 aliphatic rings. The van der Waals surface area contributed by atoms with E-state index in [1.807, 2.05) is 48.6 Å². The molecule has 0 N–H and O–H groups in total. The third-order valence-electron chi connectivity index (χ3n) is 8.54. The van der Waals surface area contributed by atoms with Crippen molar-refractivity contribution in [2.45, 2.75) is 181 Å². The van der Waals surface area contributed by atoms with Gasteiger partial charge < -0.3 is 14.2 Å². The average molecular weight is 737 g/mol. The predicted octanol–water partition coefficient (Wildman–Crippen LogP) is 13.3. The first kappa shape index (κ1) is 49.6. The molecule has 0 amide bonds. The van der Waals surface area contributed by atoms with E-state index < -0.39 is 6.10 Å². The van der Waals surface area contributed by atoms with Gasteiger partial charge in [-0.2, -0.15) is 0 Å². The Hall–Kier alpha value is -3.41. The van der Waals surface area contributed by atoms with Crippen molar-refractivity contribution in [3.05, 3.63) is 85.1 Å². The van der Waals surface area contributed by atoms with E-state index >= 15 is 0 Å². The van der Waals surface area contributed by atoms with Crippen molar-refractivity contribution in [3.8, 4) is 0 Å². The van der Waals surface area contributed by atoms with E-state index in [1.54, 1.807) is 0 Å². The van der Waals surface area contributed by atoms with Crippen LogP contribution in [-0.2, 0) is 28.6 Å². The van der Waals surface area contributed by atoms with Crippen LogP contribution in [0, 0.1) is 0 Å². The standard InChI is InChI=1S/C47H76O6/c1-4-7-10-13-16-19-21-22-23-24-26-28-31-34-37-40-46(49)52-43-44(42-51-45(48)39-36-33-30-27-18-15-12-9-6-3)53-47(50)41-38-35-32-29-25-20-17-14-11-8-5-2/h7,10,13-14,16-17,19-26,44H,4-6,8-9,11-12,15,18,27-43H2,1-3H3/b10-7-,16-13-,17-14-,21-19-,23-22-,25-20-,26-24-. The summed E-state index contributed by atoms with van der Waals surface area (Å²) in [6.45, 7) is 6.32. The molecule has 300 valence electrons. The maximum Gasteiger partial charge on any atom is 0.306 e. The fourth-order valence-corrected chi connectivity index (χ4v) is 5.32. The highest BCUT2D eigenvalue weighted by Gasteiger charge is 2.19. The third kappa shape index (κ3) is 39.6. The quantitative estimate of drug-likeness (QED) is 0.0276. The minimum Gasteiger partial charge on any atom is -0.462 e. The van der Waals surface area contributed by atoms with Crippen molar-refractivity contribution in [2.24, 2.45) is 0 Å². The number of rotatable bonds is 36. The maximum absolute atomic E-state index is 12.6. The lowest BCUT2D eigenvalue weighted by atomic mass is 10.1. The van der Waals surface area contributed by atoms with Gasteiger partial charge >= 0.3 is 17.9 Å². The van der Waals surface area contributed by atoms with Crippen LogP contribution in [0.5, 0.6) is 0 Å². The molecular formula is C47H76O6. The van der Waals surface area contributed by atoms with Gasteiger partial charge in [0.05, 0.1) is 0 Å². The van der Waals surface area contributed by atoms with Gasteiger partial charge in [0.1, 0.15) is 13.2 Å². The van der Waals surface area contributed by atoms with Crippen LogP contribution >= 0.6 is 0 Å². The van der Waals surface area contributed by atoms with Gasteiger partial charge in [0.25, 0.3) is 0 Å². The van der Waals surface area contributed by atoms with Crippen LogP contribution in [0.25, 0.3) is 0 Å². The summed E-state index contributed by atoms with van der Waals surface area (Å²) in [6.07, 6.45) is 51.4. The zero-order valence-electron chi connectivity index (χ0n) is 34.0. The highest BCUT2D eigenvalue weighted by molar-refractivity contribution is 5.71. The number of hydrogen-bond donors (Lipinski definition) is 0. The maximum atomic E-state index is 12.6. The molecule has 0 fully saturated rings. The van der Waals surface area contributed by atoms with Gasteiger partial charge in [-0.15, -0.1) is 0 Å². The number of hydrogen-bond acceptors (Lipinski definition) is 6. The van der Waals surface area contributed by atoms with Gasteiger partial charge in [0.15, 0.2) is 6.10 Å². The third-order valence-corrected chi connectivity index (χ3v) is 8.54. The Balaban J connectivity index is 4.51. The Kier molecular flexibility index (Phi) is 38.7. The molecule has 1 atom stereocenters. The number of allylic oxidation sites excluding steroid dienone is 14. The monoisotopic (exact) mass is 737 g/mol. The normalized spacial score (nSPS) is 12.9. The number of esters is 3. The molecule has 0 saturated heterocycles. The van der Waals surface area contributed by atoms with Crippen molar-refractivity contribution in [1.82, 2.24) is 0 Å². The lowest BCUT2D eigenvalue weighted by Crippen LogP contribution is -2.30. The summed E-state index contributed by atoms with van der Waals surface area (Å²) in [5, 5.41) is 0. The first-order valence-electron chi connectivity index (χ1n) is 21.2. The molecule has 0 rings (SSSR count). The lowest BCUT2D eigenvalue weighted by molar-refractivity contribution is -0.167. The van der Waals surface area contributed by atoms with E-state index in [-0.39, 0.29) is 37.5 Å². The molecule has 0 aromatic heterocycles. The lowest BCUT2D eigenvalue weighted by Gasteiger charge is -2.18. The summed E-state index contributed by atoms with van der Waals surface area (Å²) in [5.41, 5.74) is 0. The Bertz CT molecular complexity index is 1080. The Morgan fingerprint density at radius 1 is 0.396 bits per heavy atom. The molecule has 0 aromatic carbocycles. The molecule has 0 saturated carbocycles. The van der Waals surface area contributed by atoms with Gasteiger partial charge in [-0.3, -0.25) is 14.4 Å². The second kappa shape index (κ2) is 41.3. The van der Waals surface area contributed by atoms with E-state index in [9.17, 15) is 14.4 Å². The molecule has 0 aliphatic heterocycles. The van der Waals surface area contributed by atoms with Gasteiger partial charge in [-0.25, -0.2) is 0 Å². The van der Waals surface area contributed by atoms with Crippen molar-refractivity contribution >= 4 is 17.9 Å². The Morgan fingerprint density at radius 2 is 0.755 bits per heavy atom. The van der Waals surface area contributed by atoms with Crippen LogP contribution in [0.1, 0.15) is 175 Å². The van der Waals surface area contributed by atoms with Gasteiger partial charge in [-0.1, -0.05) is 183 Å². The summed E-state index contributed by atoms with van der Waals surface area (Å²) in [4.78, 5) is 37.6. The van der Waals surface area contributed by atoms with E-state index in [0.29, 0.717) is 12.8 Å². The van der Waals surface area contributed by atoms with E-state index in [2.05, 4.69) is 57.2 Å². The van der Waals surface area contributed by atoms with Crippen LogP contribution in [-0.4, -0.2) is 37.2 Å². The second-order valence-corrected chi connectivity index (χ2v) is 13.7. The molecule has 6 heteroatoms. The second-order valence-electron chi connectivity index (χ2n) is 13.7. The zero-order chi connectivity index (χ0) is 38.7. The predicted molar refractivity (Wildman–Crippen MR) is 224 cm³/mol. The topological polar surface area (TPSA) is 78.9 Å². The first-order chi connectivity index (χ1) is 26.0. The van der Waals surface area contributed by atoms with Crippen molar-refractivity contribution < 1.29 is 28.6 Å². The highest BCUT2D eigenvalue weighted by atomic mass is 16.6. The largest absolute Gasteiger partial charge is 0.462 e. The summed E-state index contributed by atoms with van der Waals surface area (Å²) in [7, 11) is 0. The highest BCUT2D eigenvalue weighted by Crippen LogP contribution is 2.12.